The van der Waals surface area contributed by atoms with Gasteiger partial charge in [-0.05, 0) is 36.4 Å². The van der Waals surface area contributed by atoms with E-state index in [1.807, 2.05) is 29.6 Å². The molecule has 118 valence electrons. The second kappa shape index (κ2) is 6.22. The van der Waals surface area contributed by atoms with Crippen molar-refractivity contribution < 1.29 is 14.2 Å². The predicted molar refractivity (Wildman–Crippen MR) is 89.2 cm³/mol. The predicted octanol–water partition coefficient (Wildman–Crippen LogP) is 3.99. The Kier molecular flexibility index (Phi) is 3.77. The molecule has 0 fully saturated rings. The summed E-state index contributed by atoms with van der Waals surface area (Å²) in [4.78, 5) is 4.60. The summed E-state index contributed by atoms with van der Waals surface area (Å²) in [5, 5.41) is 11.8. The van der Waals surface area contributed by atoms with Gasteiger partial charge in [0.2, 0.25) is 6.79 Å². The lowest BCUT2D eigenvalue weighted by atomic mass is 10.2. The zero-order valence-electron chi connectivity index (χ0n) is 12.6. The maximum Gasteiger partial charge on any atom is 0.231 e. The van der Waals surface area contributed by atoms with Crippen LogP contribution in [0.1, 0.15) is 11.3 Å². The Morgan fingerprint density at radius 1 is 1.17 bits per heavy atom. The molecule has 0 radical (unpaired) electrons. The number of aromatic nitrogens is 1. The summed E-state index contributed by atoms with van der Waals surface area (Å²) < 4.78 is 16.4. The highest BCUT2D eigenvalue weighted by molar-refractivity contribution is 7.13. The molecule has 0 amide bonds. The van der Waals surface area contributed by atoms with Gasteiger partial charge in [0.25, 0.3) is 0 Å². The molecule has 0 unspecified atom stereocenters. The van der Waals surface area contributed by atoms with E-state index in [4.69, 9.17) is 19.5 Å². The van der Waals surface area contributed by atoms with Crippen LogP contribution in [0.5, 0.6) is 17.2 Å². The highest BCUT2D eigenvalue weighted by atomic mass is 32.1. The number of fused-ring (bicyclic) bond motifs is 1. The first kappa shape index (κ1) is 14.5. The monoisotopic (exact) mass is 336 g/mol. The fraction of sp³-hybridized carbons (Fsp3) is 0.111. The van der Waals surface area contributed by atoms with Gasteiger partial charge in [0.15, 0.2) is 11.5 Å². The molecule has 6 heteroatoms. The molecule has 3 aromatic rings. The highest BCUT2D eigenvalue weighted by Crippen LogP contribution is 2.36. The number of nitriles is 1. The molecule has 0 atom stereocenters. The number of ether oxygens (including phenoxy) is 3. The van der Waals surface area contributed by atoms with Crippen molar-refractivity contribution in [1.82, 2.24) is 4.98 Å². The van der Waals surface area contributed by atoms with Crippen molar-refractivity contribution in [2.75, 3.05) is 6.79 Å². The molecule has 2 aromatic carbocycles. The third kappa shape index (κ3) is 2.90. The van der Waals surface area contributed by atoms with Gasteiger partial charge in [-0.1, -0.05) is 6.07 Å². The van der Waals surface area contributed by atoms with Gasteiger partial charge in [0.05, 0.1) is 17.3 Å². The van der Waals surface area contributed by atoms with Crippen LogP contribution in [0.2, 0.25) is 0 Å². The summed E-state index contributed by atoms with van der Waals surface area (Å²) in [6, 6.07) is 15.0. The second-order valence-electron chi connectivity index (χ2n) is 5.14. The molecule has 0 bridgehead atoms. The molecule has 5 nitrogen and oxygen atoms in total. The molecule has 2 heterocycles. The lowest BCUT2D eigenvalue weighted by Crippen LogP contribution is -1.96. The first-order valence-electron chi connectivity index (χ1n) is 7.29. The summed E-state index contributed by atoms with van der Waals surface area (Å²) >= 11 is 1.55. The van der Waals surface area contributed by atoms with E-state index in [1.54, 1.807) is 29.5 Å². The maximum atomic E-state index is 8.91. The van der Waals surface area contributed by atoms with E-state index in [0.29, 0.717) is 17.9 Å². The quantitative estimate of drug-likeness (QED) is 0.721. The molecule has 1 aromatic heterocycles. The van der Waals surface area contributed by atoms with E-state index >= 15 is 0 Å². The standard InChI is InChI=1S/C18H12N2O3S/c19-8-12-2-1-3-15(6-12)21-9-14-10-24-18(20-14)13-4-5-16-17(7-13)23-11-22-16/h1-7,10H,9,11H2. The number of hydrogen-bond donors (Lipinski definition) is 0. The van der Waals surface area contributed by atoms with E-state index < -0.39 is 0 Å². The van der Waals surface area contributed by atoms with Gasteiger partial charge >= 0.3 is 0 Å². The number of thiazole rings is 1. The van der Waals surface area contributed by atoms with Crippen molar-refractivity contribution in [2.45, 2.75) is 6.61 Å². The van der Waals surface area contributed by atoms with Crippen LogP contribution in [0, 0.1) is 11.3 Å². The minimum Gasteiger partial charge on any atom is -0.487 e. The van der Waals surface area contributed by atoms with Gasteiger partial charge in [-0.3, -0.25) is 0 Å². The van der Waals surface area contributed by atoms with Crippen LogP contribution in [0.15, 0.2) is 47.8 Å². The van der Waals surface area contributed by atoms with Gasteiger partial charge in [-0.15, -0.1) is 11.3 Å². The van der Waals surface area contributed by atoms with Crippen LogP contribution in [0.4, 0.5) is 0 Å². The van der Waals surface area contributed by atoms with Crippen molar-refractivity contribution in [3.05, 3.63) is 59.1 Å². The van der Waals surface area contributed by atoms with E-state index in [0.717, 1.165) is 27.8 Å². The molecule has 24 heavy (non-hydrogen) atoms. The SMILES string of the molecule is N#Cc1cccc(OCc2csc(-c3ccc4c(c3)OCO4)n2)c1. The van der Waals surface area contributed by atoms with Crippen LogP contribution in [0.3, 0.4) is 0 Å². The van der Waals surface area contributed by atoms with Crippen LogP contribution < -0.4 is 14.2 Å². The summed E-state index contributed by atoms with van der Waals surface area (Å²) in [5.41, 5.74) is 2.41. The molecular formula is C18H12N2O3S. The maximum absolute atomic E-state index is 8.91. The van der Waals surface area contributed by atoms with Gasteiger partial charge in [-0.2, -0.15) is 5.26 Å². The molecule has 0 N–H and O–H groups in total. The Hall–Kier alpha value is -3.04. The van der Waals surface area contributed by atoms with Crippen LogP contribution in [-0.4, -0.2) is 11.8 Å². The zero-order chi connectivity index (χ0) is 16.4. The largest absolute Gasteiger partial charge is 0.487 e. The Bertz CT molecular complexity index is 930. The van der Waals surface area contributed by atoms with Crippen molar-refractivity contribution in [1.29, 1.82) is 5.26 Å². The molecular weight excluding hydrogens is 324 g/mol. The summed E-state index contributed by atoms with van der Waals surface area (Å²) in [6.07, 6.45) is 0. The van der Waals surface area contributed by atoms with Crippen molar-refractivity contribution in [3.8, 4) is 33.9 Å². The Morgan fingerprint density at radius 3 is 3.00 bits per heavy atom. The summed E-state index contributed by atoms with van der Waals surface area (Å²) in [7, 11) is 0. The molecule has 0 aliphatic carbocycles. The Balaban J connectivity index is 1.48. The minimum atomic E-state index is 0.261. The van der Waals surface area contributed by atoms with E-state index in [9.17, 15) is 0 Å². The number of nitrogens with zero attached hydrogens (tertiary/aromatic N) is 2. The summed E-state index contributed by atoms with van der Waals surface area (Å²) in [5.74, 6) is 2.16. The first-order valence-corrected chi connectivity index (χ1v) is 8.17. The first-order chi connectivity index (χ1) is 11.8. The number of rotatable bonds is 4. The number of hydrogen-bond acceptors (Lipinski definition) is 6. The average molecular weight is 336 g/mol. The highest BCUT2D eigenvalue weighted by Gasteiger charge is 2.15. The smallest absolute Gasteiger partial charge is 0.231 e. The lowest BCUT2D eigenvalue weighted by Gasteiger charge is -2.04. The van der Waals surface area contributed by atoms with E-state index in [2.05, 4.69) is 11.1 Å². The molecule has 1 aliphatic heterocycles. The van der Waals surface area contributed by atoms with Gasteiger partial charge in [0.1, 0.15) is 17.4 Å². The Labute approximate surface area is 142 Å². The second-order valence-corrected chi connectivity index (χ2v) is 6.00. The van der Waals surface area contributed by atoms with Gasteiger partial charge in [0, 0.05) is 10.9 Å². The van der Waals surface area contributed by atoms with Gasteiger partial charge in [-0.25, -0.2) is 4.98 Å². The van der Waals surface area contributed by atoms with Crippen LogP contribution in [0.25, 0.3) is 10.6 Å². The third-order valence-electron chi connectivity index (χ3n) is 3.52. The number of benzene rings is 2. The molecule has 0 saturated carbocycles. The fourth-order valence-corrected chi connectivity index (χ4v) is 3.15. The average Bonchev–Trinajstić information content (AvgIpc) is 3.28. The van der Waals surface area contributed by atoms with Gasteiger partial charge < -0.3 is 14.2 Å². The third-order valence-corrected chi connectivity index (χ3v) is 4.46. The Morgan fingerprint density at radius 2 is 2.08 bits per heavy atom. The lowest BCUT2D eigenvalue weighted by molar-refractivity contribution is 0.174. The molecule has 4 rings (SSSR count). The van der Waals surface area contributed by atoms with Crippen molar-refractivity contribution in [3.63, 3.8) is 0 Å². The topological polar surface area (TPSA) is 64.4 Å². The minimum absolute atomic E-state index is 0.261. The molecule has 1 aliphatic rings. The van der Waals surface area contributed by atoms with Crippen LogP contribution in [-0.2, 0) is 6.61 Å². The van der Waals surface area contributed by atoms with Crippen LogP contribution >= 0.6 is 11.3 Å². The normalized spacial score (nSPS) is 12.0. The summed E-state index contributed by atoms with van der Waals surface area (Å²) in [6.45, 7) is 0.618. The molecule has 0 spiro atoms. The van der Waals surface area contributed by atoms with E-state index in [-0.39, 0.29) is 6.79 Å². The zero-order valence-corrected chi connectivity index (χ0v) is 13.4. The molecule has 0 saturated heterocycles. The fourth-order valence-electron chi connectivity index (χ4n) is 2.35. The van der Waals surface area contributed by atoms with Crippen molar-refractivity contribution in [2.24, 2.45) is 0 Å². The van der Waals surface area contributed by atoms with Crippen molar-refractivity contribution >= 4 is 11.3 Å². The van der Waals surface area contributed by atoms with E-state index in [1.165, 1.54) is 0 Å².